The first-order valence-corrected chi connectivity index (χ1v) is 6.74. The van der Waals surface area contributed by atoms with Crippen molar-refractivity contribution in [3.63, 3.8) is 0 Å². The molecule has 2 N–H and O–H groups in total. The normalized spacial score (nSPS) is 16.9. The number of hydrogen-bond donors (Lipinski definition) is 2. The van der Waals surface area contributed by atoms with Gasteiger partial charge in [-0.2, -0.15) is 4.98 Å². The molecule has 6 nitrogen and oxygen atoms in total. The largest absolute Gasteiger partial charge is 0.348 e. The van der Waals surface area contributed by atoms with Gasteiger partial charge in [-0.1, -0.05) is 5.16 Å². The van der Waals surface area contributed by atoms with Crippen LogP contribution in [0.4, 0.5) is 0 Å². The summed E-state index contributed by atoms with van der Waals surface area (Å²) >= 11 is 1.73. The Morgan fingerprint density at radius 1 is 1.59 bits per heavy atom. The van der Waals surface area contributed by atoms with Crippen molar-refractivity contribution in [2.75, 3.05) is 18.8 Å². The van der Waals surface area contributed by atoms with Gasteiger partial charge in [0, 0.05) is 5.25 Å². The third-order valence-electron chi connectivity index (χ3n) is 2.59. The van der Waals surface area contributed by atoms with E-state index in [0.717, 1.165) is 25.9 Å². The highest BCUT2D eigenvalue weighted by molar-refractivity contribution is 8.00. The summed E-state index contributed by atoms with van der Waals surface area (Å²) in [7, 11) is 0. The van der Waals surface area contributed by atoms with Gasteiger partial charge in [0.25, 0.3) is 0 Å². The maximum absolute atomic E-state index is 11.5. The quantitative estimate of drug-likeness (QED) is 0.782. The van der Waals surface area contributed by atoms with E-state index in [1.165, 1.54) is 6.39 Å². The third-order valence-corrected chi connectivity index (χ3v) is 3.96. The summed E-state index contributed by atoms with van der Waals surface area (Å²) in [5.74, 6) is 1.03. The first-order chi connectivity index (χ1) is 8.34. The molecule has 1 amide bonds. The van der Waals surface area contributed by atoms with Gasteiger partial charge in [-0.05, 0) is 25.9 Å². The van der Waals surface area contributed by atoms with E-state index in [2.05, 4.69) is 25.3 Å². The van der Waals surface area contributed by atoms with E-state index in [9.17, 15) is 4.79 Å². The van der Waals surface area contributed by atoms with Crippen LogP contribution in [0.3, 0.4) is 0 Å². The lowest BCUT2D eigenvalue weighted by Gasteiger charge is -2.21. The molecule has 0 unspecified atom stereocenters. The first kappa shape index (κ1) is 12.4. The molecule has 0 bridgehead atoms. The van der Waals surface area contributed by atoms with Gasteiger partial charge in [0.15, 0.2) is 5.82 Å². The minimum absolute atomic E-state index is 0.0262. The lowest BCUT2D eigenvalue weighted by Crippen LogP contribution is -2.31. The Labute approximate surface area is 104 Å². The van der Waals surface area contributed by atoms with Crippen LogP contribution in [0, 0.1) is 0 Å². The van der Waals surface area contributed by atoms with Crippen molar-refractivity contribution < 1.29 is 9.32 Å². The van der Waals surface area contributed by atoms with Gasteiger partial charge < -0.3 is 15.2 Å². The Bertz CT molecular complexity index is 338. The molecule has 0 aromatic carbocycles. The van der Waals surface area contributed by atoms with Crippen molar-refractivity contribution in [1.29, 1.82) is 0 Å². The molecule has 1 aromatic heterocycles. The molecule has 7 heteroatoms. The van der Waals surface area contributed by atoms with Crippen molar-refractivity contribution in [2.24, 2.45) is 0 Å². The molecular formula is C10H16N4O2S. The second kappa shape index (κ2) is 6.61. The molecule has 1 aliphatic heterocycles. The van der Waals surface area contributed by atoms with Gasteiger partial charge in [0.2, 0.25) is 12.3 Å². The number of carbonyl (C=O) groups excluding carboxylic acids is 1. The number of piperidine rings is 1. The second-order valence-corrected chi connectivity index (χ2v) is 5.17. The predicted molar refractivity (Wildman–Crippen MR) is 64.5 cm³/mol. The molecule has 2 heterocycles. The summed E-state index contributed by atoms with van der Waals surface area (Å²) < 4.78 is 4.58. The summed E-state index contributed by atoms with van der Waals surface area (Å²) in [4.78, 5) is 15.4. The predicted octanol–water partition coefficient (Wildman–Crippen LogP) is 0.171. The molecule has 0 saturated carbocycles. The highest BCUT2D eigenvalue weighted by atomic mass is 32.2. The molecule has 2 rings (SSSR count). The summed E-state index contributed by atoms with van der Waals surface area (Å²) in [5.41, 5.74) is 0. The zero-order chi connectivity index (χ0) is 11.9. The minimum Gasteiger partial charge on any atom is -0.348 e. The van der Waals surface area contributed by atoms with Crippen LogP contribution >= 0.6 is 11.8 Å². The Morgan fingerprint density at radius 2 is 2.41 bits per heavy atom. The van der Waals surface area contributed by atoms with Crippen molar-refractivity contribution >= 4 is 17.7 Å². The van der Waals surface area contributed by atoms with E-state index in [4.69, 9.17) is 0 Å². The van der Waals surface area contributed by atoms with Crippen LogP contribution in [0.5, 0.6) is 0 Å². The maximum Gasteiger partial charge on any atom is 0.230 e. The van der Waals surface area contributed by atoms with Crippen LogP contribution in [0.2, 0.25) is 0 Å². The van der Waals surface area contributed by atoms with Crippen LogP contribution in [-0.4, -0.2) is 40.1 Å². The van der Waals surface area contributed by atoms with Crippen molar-refractivity contribution in [1.82, 2.24) is 20.8 Å². The molecule has 1 aliphatic rings. The van der Waals surface area contributed by atoms with Gasteiger partial charge >= 0.3 is 0 Å². The number of aromatic nitrogens is 2. The van der Waals surface area contributed by atoms with E-state index >= 15 is 0 Å². The molecule has 0 radical (unpaired) electrons. The molecule has 0 aliphatic carbocycles. The van der Waals surface area contributed by atoms with Gasteiger partial charge in [-0.3, -0.25) is 4.79 Å². The maximum atomic E-state index is 11.5. The van der Waals surface area contributed by atoms with Crippen LogP contribution < -0.4 is 10.6 Å². The van der Waals surface area contributed by atoms with E-state index < -0.39 is 0 Å². The van der Waals surface area contributed by atoms with Gasteiger partial charge in [-0.25, -0.2) is 0 Å². The molecule has 0 atom stereocenters. The zero-order valence-electron chi connectivity index (χ0n) is 9.52. The summed E-state index contributed by atoms with van der Waals surface area (Å²) in [6.45, 7) is 2.45. The SMILES string of the molecule is O=C(CSC1CCNCC1)NCc1ncon1. The number of carbonyl (C=O) groups is 1. The Morgan fingerprint density at radius 3 is 3.12 bits per heavy atom. The Kier molecular flexibility index (Phi) is 4.81. The Hall–Kier alpha value is -1.08. The second-order valence-electron chi connectivity index (χ2n) is 3.88. The van der Waals surface area contributed by atoms with Gasteiger partial charge in [0.05, 0.1) is 12.3 Å². The number of amides is 1. The molecule has 1 fully saturated rings. The highest BCUT2D eigenvalue weighted by Crippen LogP contribution is 2.19. The Balaban J connectivity index is 1.60. The zero-order valence-corrected chi connectivity index (χ0v) is 10.3. The first-order valence-electron chi connectivity index (χ1n) is 5.69. The number of nitrogens with zero attached hydrogens (tertiary/aromatic N) is 2. The van der Waals surface area contributed by atoms with Crippen molar-refractivity contribution in [2.45, 2.75) is 24.6 Å². The fourth-order valence-corrected chi connectivity index (χ4v) is 2.71. The highest BCUT2D eigenvalue weighted by Gasteiger charge is 2.14. The van der Waals surface area contributed by atoms with Crippen molar-refractivity contribution in [3.05, 3.63) is 12.2 Å². The number of nitrogens with one attached hydrogen (secondary N) is 2. The summed E-state index contributed by atoms with van der Waals surface area (Å²) in [5, 5.41) is 10.3. The van der Waals surface area contributed by atoms with E-state index in [1.54, 1.807) is 11.8 Å². The van der Waals surface area contributed by atoms with Crippen LogP contribution in [0.1, 0.15) is 18.7 Å². The summed E-state index contributed by atoms with van der Waals surface area (Å²) in [6.07, 6.45) is 3.54. The van der Waals surface area contributed by atoms with Crippen LogP contribution in [0.25, 0.3) is 0 Å². The van der Waals surface area contributed by atoms with E-state index in [-0.39, 0.29) is 5.91 Å². The monoisotopic (exact) mass is 256 g/mol. The van der Waals surface area contributed by atoms with Gasteiger partial charge in [0.1, 0.15) is 0 Å². The topological polar surface area (TPSA) is 80.0 Å². The van der Waals surface area contributed by atoms with Gasteiger partial charge in [-0.15, -0.1) is 11.8 Å². The lowest BCUT2D eigenvalue weighted by molar-refractivity contribution is -0.118. The molecule has 1 saturated heterocycles. The number of hydrogen-bond acceptors (Lipinski definition) is 6. The summed E-state index contributed by atoms with van der Waals surface area (Å²) in [6, 6.07) is 0. The van der Waals surface area contributed by atoms with Crippen LogP contribution in [-0.2, 0) is 11.3 Å². The fraction of sp³-hybridized carbons (Fsp3) is 0.700. The van der Waals surface area contributed by atoms with Crippen LogP contribution in [0.15, 0.2) is 10.9 Å². The fourth-order valence-electron chi connectivity index (χ4n) is 1.65. The minimum atomic E-state index is 0.0262. The lowest BCUT2D eigenvalue weighted by atomic mass is 10.2. The average Bonchev–Trinajstić information content (AvgIpc) is 2.88. The molecular weight excluding hydrogens is 240 g/mol. The average molecular weight is 256 g/mol. The van der Waals surface area contributed by atoms with Crippen molar-refractivity contribution in [3.8, 4) is 0 Å². The number of rotatable bonds is 5. The van der Waals surface area contributed by atoms with E-state index in [0.29, 0.717) is 23.4 Å². The molecule has 0 spiro atoms. The van der Waals surface area contributed by atoms with E-state index in [1.807, 2.05) is 0 Å². The molecule has 1 aromatic rings. The number of thioether (sulfide) groups is 1. The smallest absolute Gasteiger partial charge is 0.230 e. The third kappa shape index (κ3) is 4.35. The molecule has 17 heavy (non-hydrogen) atoms. The standard InChI is InChI=1S/C10H16N4O2S/c15-10(12-5-9-13-7-16-14-9)6-17-8-1-3-11-4-2-8/h7-8,11H,1-6H2,(H,12,15). The molecule has 94 valence electrons.